The van der Waals surface area contributed by atoms with Gasteiger partial charge in [0.1, 0.15) is 0 Å². The molecule has 3 aromatic rings. The molecule has 188 valence electrons. The molecule has 3 rings (SSSR count). The number of unbranched alkanes of at least 4 members (excludes halogenated alkanes) is 3. The Morgan fingerprint density at radius 2 is 1.57 bits per heavy atom. The van der Waals surface area contributed by atoms with E-state index in [1.807, 2.05) is 23.2 Å². The molecule has 0 aliphatic heterocycles. The highest BCUT2D eigenvalue weighted by molar-refractivity contribution is 5.85. The van der Waals surface area contributed by atoms with Crippen LogP contribution in [0.25, 0.3) is 10.9 Å². The number of hydrogen-bond donors (Lipinski definition) is 1. The minimum Gasteiger partial charge on any atom is -0.361 e. The van der Waals surface area contributed by atoms with Crippen LogP contribution in [-0.4, -0.2) is 46.2 Å². The number of carbonyl (C=O) groups excluding carboxylic acids is 2. The lowest BCUT2D eigenvalue weighted by atomic mass is 10.1. The van der Waals surface area contributed by atoms with Gasteiger partial charge >= 0.3 is 0 Å². The van der Waals surface area contributed by atoms with Gasteiger partial charge in [0.2, 0.25) is 11.8 Å². The third kappa shape index (κ3) is 7.98. The molecule has 0 aliphatic rings. The van der Waals surface area contributed by atoms with Crippen molar-refractivity contribution < 1.29 is 9.59 Å². The molecule has 0 unspecified atom stereocenters. The maximum Gasteiger partial charge on any atom is 0.242 e. The Morgan fingerprint density at radius 1 is 0.829 bits per heavy atom. The Balaban J connectivity index is 1.74. The molecule has 0 atom stereocenters. The van der Waals surface area contributed by atoms with Gasteiger partial charge in [-0.1, -0.05) is 81.1 Å². The molecule has 0 radical (unpaired) electrons. The number of H-pyrrole nitrogens is 1. The zero-order valence-corrected chi connectivity index (χ0v) is 21.7. The average molecular weight is 476 g/mol. The fourth-order valence-electron chi connectivity index (χ4n) is 4.39. The zero-order valence-electron chi connectivity index (χ0n) is 21.7. The van der Waals surface area contributed by atoms with Crippen molar-refractivity contribution in [3.05, 3.63) is 71.4 Å². The molecule has 0 fully saturated rings. The highest BCUT2D eigenvalue weighted by Gasteiger charge is 2.21. The Bertz CT molecular complexity index is 1070. The summed E-state index contributed by atoms with van der Waals surface area (Å²) in [4.78, 5) is 33.5. The molecule has 1 N–H and O–H groups in total. The summed E-state index contributed by atoms with van der Waals surface area (Å²) >= 11 is 0. The van der Waals surface area contributed by atoms with Crippen molar-refractivity contribution in [2.75, 3.05) is 19.6 Å². The van der Waals surface area contributed by atoms with Gasteiger partial charge in [-0.3, -0.25) is 9.59 Å². The minimum atomic E-state index is 0.0189. The van der Waals surface area contributed by atoms with Crippen LogP contribution in [0.2, 0.25) is 0 Å². The molecular weight excluding hydrogens is 434 g/mol. The van der Waals surface area contributed by atoms with Crippen molar-refractivity contribution in [3.8, 4) is 0 Å². The van der Waals surface area contributed by atoms with Crippen molar-refractivity contribution in [2.45, 2.75) is 72.3 Å². The Labute approximate surface area is 210 Å². The summed E-state index contributed by atoms with van der Waals surface area (Å²) in [5, 5.41) is 1.20. The number of fused-ring (bicyclic) bond motifs is 1. The van der Waals surface area contributed by atoms with Crippen LogP contribution in [0.15, 0.2) is 54.7 Å². The summed E-state index contributed by atoms with van der Waals surface area (Å²) < 4.78 is 0. The normalized spacial score (nSPS) is 11.1. The molecule has 0 bridgehead atoms. The SMILES string of the molecule is CCCCCC(=O)N(CCCC)CC(=O)N(CCc1c[nH]c2ccccc12)Cc1ccc(C)cc1. The van der Waals surface area contributed by atoms with E-state index in [0.29, 0.717) is 26.1 Å². The number of aryl methyl sites for hydroxylation is 1. The van der Waals surface area contributed by atoms with Gasteiger partial charge in [-0.2, -0.15) is 0 Å². The minimum absolute atomic E-state index is 0.0189. The van der Waals surface area contributed by atoms with E-state index in [9.17, 15) is 9.59 Å². The molecule has 0 spiro atoms. The Hall–Kier alpha value is -3.08. The number of para-hydroxylation sites is 1. The average Bonchev–Trinajstić information content (AvgIpc) is 3.28. The second-order valence-corrected chi connectivity index (χ2v) is 9.54. The number of nitrogens with one attached hydrogen (secondary N) is 1. The number of benzene rings is 2. The largest absolute Gasteiger partial charge is 0.361 e. The van der Waals surface area contributed by atoms with Crippen LogP contribution < -0.4 is 0 Å². The predicted molar refractivity (Wildman–Crippen MR) is 144 cm³/mol. The molecular formula is C30H41N3O2. The maximum absolute atomic E-state index is 13.6. The highest BCUT2D eigenvalue weighted by atomic mass is 16.2. The summed E-state index contributed by atoms with van der Waals surface area (Å²) in [5.41, 5.74) is 4.63. The molecule has 5 heteroatoms. The first-order chi connectivity index (χ1) is 17.0. The monoisotopic (exact) mass is 475 g/mol. The Morgan fingerprint density at radius 3 is 2.31 bits per heavy atom. The van der Waals surface area contributed by atoms with E-state index in [2.05, 4.69) is 62.2 Å². The lowest BCUT2D eigenvalue weighted by Crippen LogP contribution is -2.43. The number of aromatic amines is 1. The quantitative estimate of drug-likeness (QED) is 0.280. The van der Waals surface area contributed by atoms with Crippen molar-refractivity contribution in [2.24, 2.45) is 0 Å². The van der Waals surface area contributed by atoms with E-state index in [1.54, 1.807) is 4.90 Å². The van der Waals surface area contributed by atoms with E-state index in [1.165, 1.54) is 16.5 Å². The summed E-state index contributed by atoms with van der Waals surface area (Å²) in [6.45, 7) is 8.29. The number of carbonyl (C=O) groups is 2. The van der Waals surface area contributed by atoms with Gasteiger partial charge in [0, 0.05) is 43.2 Å². The predicted octanol–water partition coefficient (Wildman–Crippen LogP) is 6.26. The van der Waals surface area contributed by atoms with E-state index in [4.69, 9.17) is 0 Å². The lowest BCUT2D eigenvalue weighted by molar-refractivity contribution is -0.141. The topological polar surface area (TPSA) is 56.4 Å². The molecule has 1 heterocycles. The van der Waals surface area contributed by atoms with Crippen molar-refractivity contribution in [1.82, 2.24) is 14.8 Å². The molecule has 5 nitrogen and oxygen atoms in total. The summed E-state index contributed by atoms with van der Waals surface area (Å²) in [6, 6.07) is 16.6. The van der Waals surface area contributed by atoms with Crippen LogP contribution in [0.4, 0.5) is 0 Å². The summed E-state index contributed by atoms with van der Waals surface area (Å²) in [7, 11) is 0. The van der Waals surface area contributed by atoms with Crippen LogP contribution in [0, 0.1) is 6.92 Å². The van der Waals surface area contributed by atoms with Crippen molar-refractivity contribution in [1.29, 1.82) is 0 Å². The van der Waals surface area contributed by atoms with Crippen LogP contribution in [0.5, 0.6) is 0 Å². The van der Waals surface area contributed by atoms with E-state index in [0.717, 1.165) is 49.6 Å². The van der Waals surface area contributed by atoms with E-state index >= 15 is 0 Å². The highest BCUT2D eigenvalue weighted by Crippen LogP contribution is 2.19. The number of amides is 2. The number of aromatic nitrogens is 1. The third-order valence-electron chi connectivity index (χ3n) is 6.63. The van der Waals surface area contributed by atoms with Gasteiger partial charge in [-0.05, 0) is 43.4 Å². The smallest absolute Gasteiger partial charge is 0.242 e. The summed E-state index contributed by atoms with van der Waals surface area (Å²) in [5.74, 6) is 0.123. The van der Waals surface area contributed by atoms with Crippen LogP contribution in [0.3, 0.4) is 0 Å². The number of hydrogen-bond acceptors (Lipinski definition) is 2. The van der Waals surface area contributed by atoms with Crippen LogP contribution in [-0.2, 0) is 22.6 Å². The third-order valence-corrected chi connectivity index (χ3v) is 6.63. The van der Waals surface area contributed by atoms with Gasteiger partial charge in [0.25, 0.3) is 0 Å². The number of nitrogens with zero attached hydrogens (tertiary/aromatic N) is 2. The second-order valence-electron chi connectivity index (χ2n) is 9.54. The van der Waals surface area contributed by atoms with Gasteiger partial charge in [-0.15, -0.1) is 0 Å². The molecule has 1 aromatic heterocycles. The fraction of sp³-hybridized carbons (Fsp3) is 0.467. The van der Waals surface area contributed by atoms with Crippen LogP contribution >= 0.6 is 0 Å². The number of rotatable bonds is 14. The molecule has 0 saturated carbocycles. The first-order valence-corrected chi connectivity index (χ1v) is 13.2. The van der Waals surface area contributed by atoms with Gasteiger partial charge in [0.05, 0.1) is 6.54 Å². The first-order valence-electron chi connectivity index (χ1n) is 13.2. The first kappa shape index (κ1) is 26.5. The molecule has 0 aliphatic carbocycles. The van der Waals surface area contributed by atoms with Gasteiger partial charge in [0.15, 0.2) is 0 Å². The molecule has 2 amide bonds. The van der Waals surface area contributed by atoms with Crippen LogP contribution in [0.1, 0.15) is 69.1 Å². The maximum atomic E-state index is 13.6. The van der Waals surface area contributed by atoms with E-state index < -0.39 is 0 Å². The van der Waals surface area contributed by atoms with Crippen molar-refractivity contribution in [3.63, 3.8) is 0 Å². The van der Waals surface area contributed by atoms with Gasteiger partial charge in [-0.25, -0.2) is 0 Å². The second kappa shape index (κ2) is 13.7. The Kier molecular flexibility index (Phi) is 10.4. The van der Waals surface area contributed by atoms with Crippen molar-refractivity contribution >= 4 is 22.7 Å². The van der Waals surface area contributed by atoms with Gasteiger partial charge < -0.3 is 14.8 Å². The lowest BCUT2D eigenvalue weighted by Gasteiger charge is -2.28. The van der Waals surface area contributed by atoms with E-state index in [-0.39, 0.29) is 18.4 Å². The standard InChI is InChI=1S/C30H41N3O2/c1-4-6-8-13-29(34)32(19-7-5-2)23-30(35)33(22-25-16-14-24(3)15-17-25)20-18-26-21-31-28-12-10-9-11-27(26)28/h9-12,14-17,21,31H,4-8,13,18-20,22-23H2,1-3H3. The molecule has 35 heavy (non-hydrogen) atoms. The molecule has 0 saturated heterocycles. The summed E-state index contributed by atoms with van der Waals surface area (Å²) in [6.07, 6.45) is 8.27. The zero-order chi connectivity index (χ0) is 25.0. The fourth-order valence-corrected chi connectivity index (χ4v) is 4.39. The molecule has 2 aromatic carbocycles.